The normalized spacial score (nSPS) is 14.2. The summed E-state index contributed by atoms with van der Waals surface area (Å²) < 4.78 is 10.5. The Morgan fingerprint density at radius 2 is 1.69 bits per heavy atom. The summed E-state index contributed by atoms with van der Waals surface area (Å²) in [7, 11) is 1.70. The molecule has 138 valence electrons. The molecule has 0 unspecified atom stereocenters. The van der Waals surface area contributed by atoms with Crippen LogP contribution in [0.4, 0.5) is 17.1 Å². The second kappa shape index (κ2) is 7.99. The van der Waals surface area contributed by atoms with Gasteiger partial charge in [-0.1, -0.05) is 12.1 Å². The zero-order chi connectivity index (χ0) is 18.5. The molecule has 0 aliphatic carbocycles. The van der Waals surface area contributed by atoms with Crippen LogP contribution in [0.5, 0.6) is 5.75 Å². The standard InChI is InChI=1S/C20H25N3O3/c1-3-26-20(24)15-8-9-17(16(21)14-15)22-10-12-23(13-11-22)18-6-4-5-7-19(18)25-2/h4-9,14H,3,10-13,21H2,1-2H3. The van der Waals surface area contributed by atoms with Crippen LogP contribution in [-0.4, -0.2) is 45.9 Å². The molecule has 1 fully saturated rings. The minimum atomic E-state index is -0.341. The predicted molar refractivity (Wildman–Crippen MR) is 104 cm³/mol. The van der Waals surface area contributed by atoms with Crippen molar-refractivity contribution in [2.45, 2.75) is 6.92 Å². The molecule has 0 spiro atoms. The van der Waals surface area contributed by atoms with Crippen LogP contribution < -0.4 is 20.3 Å². The van der Waals surface area contributed by atoms with Gasteiger partial charge in [0, 0.05) is 26.2 Å². The number of anilines is 3. The first-order valence-electron chi connectivity index (χ1n) is 8.83. The van der Waals surface area contributed by atoms with E-state index >= 15 is 0 Å². The number of para-hydroxylation sites is 2. The van der Waals surface area contributed by atoms with Crippen LogP contribution in [0.3, 0.4) is 0 Å². The first-order chi connectivity index (χ1) is 12.6. The van der Waals surface area contributed by atoms with Crippen molar-refractivity contribution in [2.75, 3.05) is 55.4 Å². The third-order valence-corrected chi connectivity index (χ3v) is 4.58. The van der Waals surface area contributed by atoms with Gasteiger partial charge in [0.25, 0.3) is 0 Å². The van der Waals surface area contributed by atoms with Gasteiger partial charge in [0.2, 0.25) is 0 Å². The number of piperazine rings is 1. The fraction of sp³-hybridized carbons (Fsp3) is 0.350. The second-order valence-corrected chi connectivity index (χ2v) is 6.14. The highest BCUT2D eigenvalue weighted by molar-refractivity contribution is 5.92. The number of rotatable bonds is 5. The van der Waals surface area contributed by atoms with E-state index in [4.69, 9.17) is 15.2 Å². The molecule has 1 aliphatic heterocycles. The first kappa shape index (κ1) is 17.9. The fourth-order valence-electron chi connectivity index (χ4n) is 3.26. The minimum Gasteiger partial charge on any atom is -0.495 e. The molecular weight excluding hydrogens is 330 g/mol. The van der Waals surface area contributed by atoms with E-state index in [1.165, 1.54) is 0 Å². The molecule has 2 N–H and O–H groups in total. The van der Waals surface area contributed by atoms with Crippen molar-refractivity contribution in [3.63, 3.8) is 0 Å². The van der Waals surface area contributed by atoms with Crippen LogP contribution >= 0.6 is 0 Å². The number of carbonyl (C=O) groups excluding carboxylic acids is 1. The number of benzene rings is 2. The molecule has 2 aromatic rings. The number of nitrogen functional groups attached to an aromatic ring is 1. The number of esters is 1. The van der Waals surface area contributed by atoms with E-state index in [9.17, 15) is 4.79 Å². The Hall–Kier alpha value is -2.89. The summed E-state index contributed by atoms with van der Waals surface area (Å²) in [6, 6.07) is 13.4. The molecule has 26 heavy (non-hydrogen) atoms. The smallest absolute Gasteiger partial charge is 0.338 e. The van der Waals surface area contributed by atoms with Crippen molar-refractivity contribution in [1.82, 2.24) is 0 Å². The molecule has 0 radical (unpaired) electrons. The molecular formula is C20H25N3O3. The fourth-order valence-corrected chi connectivity index (χ4v) is 3.26. The number of nitrogens with two attached hydrogens (primary N) is 1. The molecule has 0 atom stereocenters. The van der Waals surface area contributed by atoms with Gasteiger partial charge < -0.3 is 25.0 Å². The van der Waals surface area contributed by atoms with Crippen LogP contribution in [0.15, 0.2) is 42.5 Å². The maximum atomic E-state index is 11.8. The lowest BCUT2D eigenvalue weighted by Crippen LogP contribution is -2.46. The molecule has 1 aliphatic rings. The molecule has 1 heterocycles. The predicted octanol–water partition coefficient (Wildman–Crippen LogP) is 2.78. The molecule has 6 nitrogen and oxygen atoms in total. The molecule has 6 heteroatoms. The molecule has 0 bridgehead atoms. The molecule has 0 aromatic heterocycles. The average molecular weight is 355 g/mol. The maximum Gasteiger partial charge on any atom is 0.338 e. The SMILES string of the molecule is CCOC(=O)c1ccc(N2CCN(c3ccccc3OC)CC2)c(N)c1. The number of hydrogen-bond donors (Lipinski definition) is 1. The van der Waals surface area contributed by atoms with Crippen LogP contribution in [0, 0.1) is 0 Å². The second-order valence-electron chi connectivity index (χ2n) is 6.14. The van der Waals surface area contributed by atoms with Crippen molar-refractivity contribution in [1.29, 1.82) is 0 Å². The van der Waals surface area contributed by atoms with E-state index in [0.717, 1.165) is 43.3 Å². The summed E-state index contributed by atoms with van der Waals surface area (Å²) in [5.74, 6) is 0.547. The zero-order valence-corrected chi connectivity index (χ0v) is 15.3. The lowest BCUT2D eigenvalue weighted by atomic mass is 10.1. The van der Waals surface area contributed by atoms with Crippen LogP contribution in [0.25, 0.3) is 0 Å². The Morgan fingerprint density at radius 1 is 1.04 bits per heavy atom. The maximum absolute atomic E-state index is 11.8. The zero-order valence-electron chi connectivity index (χ0n) is 15.3. The summed E-state index contributed by atoms with van der Waals surface area (Å²) in [4.78, 5) is 16.4. The molecule has 0 saturated carbocycles. The van der Waals surface area contributed by atoms with Gasteiger partial charge in [0.15, 0.2) is 0 Å². The van der Waals surface area contributed by atoms with E-state index < -0.39 is 0 Å². The third kappa shape index (κ3) is 3.69. The third-order valence-electron chi connectivity index (χ3n) is 4.58. The molecule has 2 aromatic carbocycles. The van der Waals surface area contributed by atoms with E-state index in [1.54, 1.807) is 26.2 Å². The molecule has 0 amide bonds. The van der Waals surface area contributed by atoms with Crippen molar-refractivity contribution in [2.24, 2.45) is 0 Å². The summed E-state index contributed by atoms with van der Waals surface area (Å²) in [6.45, 7) is 5.59. The number of ether oxygens (including phenoxy) is 2. The number of methoxy groups -OCH3 is 1. The summed E-state index contributed by atoms with van der Waals surface area (Å²) in [6.07, 6.45) is 0. The molecule has 3 rings (SSSR count). The van der Waals surface area contributed by atoms with Crippen LogP contribution in [-0.2, 0) is 4.74 Å². The largest absolute Gasteiger partial charge is 0.495 e. The Labute approximate surface area is 154 Å². The van der Waals surface area contributed by atoms with Gasteiger partial charge in [-0.3, -0.25) is 0 Å². The van der Waals surface area contributed by atoms with Gasteiger partial charge in [-0.05, 0) is 37.3 Å². The van der Waals surface area contributed by atoms with Crippen molar-refractivity contribution >= 4 is 23.0 Å². The summed E-state index contributed by atoms with van der Waals surface area (Å²) in [5.41, 5.74) is 9.35. The van der Waals surface area contributed by atoms with Gasteiger partial charge in [-0.2, -0.15) is 0 Å². The average Bonchev–Trinajstić information content (AvgIpc) is 2.68. The van der Waals surface area contributed by atoms with Crippen molar-refractivity contribution in [3.8, 4) is 5.75 Å². The lowest BCUT2D eigenvalue weighted by Gasteiger charge is -2.38. The van der Waals surface area contributed by atoms with Gasteiger partial charge in [0.05, 0.1) is 36.3 Å². The van der Waals surface area contributed by atoms with E-state index in [-0.39, 0.29) is 5.97 Å². The highest BCUT2D eigenvalue weighted by atomic mass is 16.5. The number of carbonyl (C=O) groups is 1. The topological polar surface area (TPSA) is 68.0 Å². The monoisotopic (exact) mass is 355 g/mol. The minimum absolute atomic E-state index is 0.341. The lowest BCUT2D eigenvalue weighted by molar-refractivity contribution is 0.0526. The van der Waals surface area contributed by atoms with Gasteiger partial charge >= 0.3 is 5.97 Å². The Balaban J connectivity index is 1.69. The van der Waals surface area contributed by atoms with Gasteiger partial charge in [0.1, 0.15) is 5.75 Å². The van der Waals surface area contributed by atoms with Crippen molar-refractivity contribution in [3.05, 3.63) is 48.0 Å². The van der Waals surface area contributed by atoms with Crippen LogP contribution in [0.2, 0.25) is 0 Å². The summed E-state index contributed by atoms with van der Waals surface area (Å²) >= 11 is 0. The highest BCUT2D eigenvalue weighted by Gasteiger charge is 2.21. The van der Waals surface area contributed by atoms with E-state index in [0.29, 0.717) is 17.9 Å². The first-order valence-corrected chi connectivity index (χ1v) is 8.83. The Morgan fingerprint density at radius 3 is 2.31 bits per heavy atom. The number of hydrogen-bond acceptors (Lipinski definition) is 6. The Bertz CT molecular complexity index is 771. The van der Waals surface area contributed by atoms with Crippen LogP contribution in [0.1, 0.15) is 17.3 Å². The van der Waals surface area contributed by atoms with Crippen molar-refractivity contribution < 1.29 is 14.3 Å². The quantitative estimate of drug-likeness (QED) is 0.657. The van der Waals surface area contributed by atoms with Gasteiger partial charge in [-0.15, -0.1) is 0 Å². The summed E-state index contributed by atoms with van der Waals surface area (Å²) in [5, 5.41) is 0. The highest BCUT2D eigenvalue weighted by Crippen LogP contribution is 2.31. The van der Waals surface area contributed by atoms with E-state index in [1.807, 2.05) is 24.3 Å². The molecule has 1 saturated heterocycles. The number of nitrogens with zero attached hydrogens (tertiary/aromatic N) is 2. The van der Waals surface area contributed by atoms with E-state index in [2.05, 4.69) is 15.9 Å². The Kier molecular flexibility index (Phi) is 5.51. The van der Waals surface area contributed by atoms with Gasteiger partial charge in [-0.25, -0.2) is 4.79 Å².